The number of rotatable bonds is 6. The van der Waals surface area contributed by atoms with Gasteiger partial charge in [-0.2, -0.15) is 5.10 Å². The van der Waals surface area contributed by atoms with E-state index in [1.165, 1.54) is 12.8 Å². The Labute approximate surface area is 134 Å². The average molecular weight is 320 g/mol. The molecule has 1 amide bonds. The predicted molar refractivity (Wildman–Crippen MR) is 84.1 cm³/mol. The maximum Gasteiger partial charge on any atom is 0.271 e. The van der Waals surface area contributed by atoms with Crippen LogP contribution >= 0.6 is 11.6 Å². The minimum Gasteiger partial charge on any atom is -0.471 e. The van der Waals surface area contributed by atoms with Crippen molar-refractivity contribution in [3.05, 3.63) is 46.7 Å². The van der Waals surface area contributed by atoms with E-state index in [4.69, 9.17) is 16.3 Å². The summed E-state index contributed by atoms with van der Waals surface area (Å²) < 4.78 is 7.23. The Balaban J connectivity index is 1.54. The number of hydrogen-bond acceptors (Lipinski definition) is 3. The van der Waals surface area contributed by atoms with Gasteiger partial charge < -0.3 is 10.1 Å². The molecule has 0 aliphatic heterocycles. The number of benzene rings is 1. The Morgan fingerprint density at radius 2 is 2.27 bits per heavy atom. The molecule has 3 rings (SSSR count). The normalized spacial score (nSPS) is 13.9. The van der Waals surface area contributed by atoms with Gasteiger partial charge in [0.15, 0.2) is 6.73 Å². The van der Waals surface area contributed by atoms with Gasteiger partial charge in [0, 0.05) is 17.8 Å². The standard InChI is InChI=1S/C16H18ClN3O2/c1-11-8-13(4-5-14(11)17)22-10-20-7-6-15(19-20)16(21)18-9-12-2-3-12/h4-8,12H,2-3,9-10H2,1H3,(H,18,21). The molecule has 1 heterocycles. The molecule has 1 aliphatic carbocycles. The molecule has 0 bridgehead atoms. The van der Waals surface area contributed by atoms with E-state index >= 15 is 0 Å². The molecule has 116 valence electrons. The molecular formula is C16H18ClN3O2. The molecule has 0 saturated heterocycles. The number of carbonyl (C=O) groups is 1. The molecule has 1 fully saturated rings. The Hall–Kier alpha value is -2.01. The number of amides is 1. The van der Waals surface area contributed by atoms with Crippen molar-refractivity contribution in [1.29, 1.82) is 0 Å². The number of aromatic nitrogens is 2. The highest BCUT2D eigenvalue weighted by molar-refractivity contribution is 6.31. The van der Waals surface area contributed by atoms with Crippen LogP contribution in [0.3, 0.4) is 0 Å². The Morgan fingerprint density at radius 3 is 3.00 bits per heavy atom. The molecule has 22 heavy (non-hydrogen) atoms. The van der Waals surface area contributed by atoms with Gasteiger partial charge in [0.1, 0.15) is 11.4 Å². The largest absolute Gasteiger partial charge is 0.471 e. The fourth-order valence-corrected chi connectivity index (χ4v) is 2.17. The first-order chi connectivity index (χ1) is 10.6. The van der Waals surface area contributed by atoms with Gasteiger partial charge in [-0.3, -0.25) is 4.79 Å². The highest BCUT2D eigenvalue weighted by Crippen LogP contribution is 2.27. The monoisotopic (exact) mass is 319 g/mol. The number of carbonyl (C=O) groups excluding carboxylic acids is 1. The lowest BCUT2D eigenvalue weighted by molar-refractivity contribution is 0.0944. The Bertz CT molecular complexity index is 680. The van der Waals surface area contributed by atoms with Gasteiger partial charge in [0.25, 0.3) is 5.91 Å². The van der Waals surface area contributed by atoms with E-state index < -0.39 is 0 Å². The summed E-state index contributed by atoms with van der Waals surface area (Å²) in [6, 6.07) is 7.17. The van der Waals surface area contributed by atoms with Crippen LogP contribution < -0.4 is 10.1 Å². The minimum atomic E-state index is -0.131. The van der Waals surface area contributed by atoms with Crippen LogP contribution in [-0.2, 0) is 6.73 Å². The van der Waals surface area contributed by atoms with Crippen LogP contribution in [0, 0.1) is 12.8 Å². The summed E-state index contributed by atoms with van der Waals surface area (Å²) in [5.41, 5.74) is 1.37. The second-order valence-corrected chi connectivity index (χ2v) is 5.99. The van der Waals surface area contributed by atoms with Crippen molar-refractivity contribution in [2.24, 2.45) is 5.92 Å². The van der Waals surface area contributed by atoms with E-state index in [-0.39, 0.29) is 12.6 Å². The molecular weight excluding hydrogens is 302 g/mol. The van der Waals surface area contributed by atoms with Crippen molar-refractivity contribution in [2.45, 2.75) is 26.5 Å². The van der Waals surface area contributed by atoms with E-state index in [2.05, 4.69) is 10.4 Å². The summed E-state index contributed by atoms with van der Waals surface area (Å²) >= 11 is 5.97. The molecule has 0 radical (unpaired) electrons. The average Bonchev–Trinajstić information content (AvgIpc) is 3.22. The van der Waals surface area contributed by atoms with Gasteiger partial charge in [-0.25, -0.2) is 4.68 Å². The van der Waals surface area contributed by atoms with Crippen molar-refractivity contribution in [3.63, 3.8) is 0 Å². The molecule has 0 spiro atoms. The fraction of sp³-hybridized carbons (Fsp3) is 0.375. The van der Waals surface area contributed by atoms with Gasteiger partial charge in [0.2, 0.25) is 0 Å². The fourth-order valence-electron chi connectivity index (χ4n) is 2.05. The molecule has 1 aromatic heterocycles. The van der Waals surface area contributed by atoms with Gasteiger partial charge in [-0.1, -0.05) is 11.6 Å². The third-order valence-corrected chi connectivity index (χ3v) is 4.04. The zero-order valence-corrected chi connectivity index (χ0v) is 13.1. The maximum atomic E-state index is 11.9. The lowest BCUT2D eigenvalue weighted by atomic mass is 10.2. The van der Waals surface area contributed by atoms with E-state index in [0.29, 0.717) is 16.6 Å². The zero-order chi connectivity index (χ0) is 15.5. The highest BCUT2D eigenvalue weighted by Gasteiger charge is 2.22. The molecule has 5 nitrogen and oxygen atoms in total. The van der Waals surface area contributed by atoms with Crippen molar-refractivity contribution in [3.8, 4) is 5.75 Å². The number of nitrogens with zero attached hydrogens (tertiary/aromatic N) is 2. The Kier molecular flexibility index (Phi) is 4.34. The van der Waals surface area contributed by atoms with Gasteiger partial charge >= 0.3 is 0 Å². The van der Waals surface area contributed by atoms with Gasteiger partial charge in [0.05, 0.1) is 0 Å². The second kappa shape index (κ2) is 6.40. The number of halogens is 1. The highest BCUT2D eigenvalue weighted by atomic mass is 35.5. The quantitative estimate of drug-likeness (QED) is 0.890. The molecule has 1 aromatic carbocycles. The summed E-state index contributed by atoms with van der Waals surface area (Å²) in [6.07, 6.45) is 4.15. The summed E-state index contributed by atoms with van der Waals surface area (Å²) in [5, 5.41) is 7.82. The predicted octanol–water partition coefficient (Wildman–Crippen LogP) is 3.02. The van der Waals surface area contributed by atoms with E-state index in [0.717, 1.165) is 17.9 Å². The summed E-state index contributed by atoms with van der Waals surface area (Å²) in [7, 11) is 0. The first-order valence-electron chi connectivity index (χ1n) is 7.32. The third kappa shape index (κ3) is 3.80. The van der Waals surface area contributed by atoms with E-state index in [1.807, 2.05) is 19.1 Å². The van der Waals surface area contributed by atoms with Crippen molar-refractivity contribution >= 4 is 17.5 Å². The smallest absolute Gasteiger partial charge is 0.271 e. The van der Waals surface area contributed by atoms with Crippen molar-refractivity contribution in [2.75, 3.05) is 6.54 Å². The van der Waals surface area contributed by atoms with Crippen LogP contribution in [0.4, 0.5) is 0 Å². The van der Waals surface area contributed by atoms with Gasteiger partial charge in [-0.15, -0.1) is 0 Å². The summed E-state index contributed by atoms with van der Waals surface area (Å²) in [5.74, 6) is 1.24. The molecule has 1 aliphatic rings. The first-order valence-corrected chi connectivity index (χ1v) is 7.70. The maximum absolute atomic E-state index is 11.9. The van der Waals surface area contributed by atoms with Crippen LogP contribution in [0.1, 0.15) is 28.9 Å². The summed E-state index contributed by atoms with van der Waals surface area (Å²) in [4.78, 5) is 11.9. The Morgan fingerprint density at radius 1 is 1.45 bits per heavy atom. The number of aryl methyl sites for hydroxylation is 1. The minimum absolute atomic E-state index is 0.131. The van der Waals surface area contributed by atoms with Crippen molar-refractivity contribution in [1.82, 2.24) is 15.1 Å². The molecule has 1 N–H and O–H groups in total. The van der Waals surface area contributed by atoms with Crippen LogP contribution in [0.15, 0.2) is 30.5 Å². The van der Waals surface area contributed by atoms with E-state index in [9.17, 15) is 4.79 Å². The first kappa shape index (κ1) is 14.9. The second-order valence-electron chi connectivity index (χ2n) is 5.58. The number of ether oxygens (including phenoxy) is 1. The zero-order valence-electron chi connectivity index (χ0n) is 12.4. The topological polar surface area (TPSA) is 56.1 Å². The van der Waals surface area contributed by atoms with Crippen LogP contribution in [0.5, 0.6) is 5.75 Å². The lowest BCUT2D eigenvalue weighted by Gasteiger charge is -2.07. The number of nitrogens with one attached hydrogen (secondary N) is 1. The molecule has 0 atom stereocenters. The van der Waals surface area contributed by atoms with Crippen LogP contribution in [0.25, 0.3) is 0 Å². The van der Waals surface area contributed by atoms with Crippen LogP contribution in [0.2, 0.25) is 5.02 Å². The lowest BCUT2D eigenvalue weighted by Crippen LogP contribution is -2.26. The third-order valence-electron chi connectivity index (χ3n) is 3.61. The summed E-state index contributed by atoms with van der Waals surface area (Å²) in [6.45, 7) is 2.91. The molecule has 6 heteroatoms. The van der Waals surface area contributed by atoms with Crippen molar-refractivity contribution < 1.29 is 9.53 Å². The molecule has 0 unspecified atom stereocenters. The van der Waals surface area contributed by atoms with E-state index in [1.54, 1.807) is 23.0 Å². The van der Waals surface area contributed by atoms with Crippen LogP contribution in [-0.4, -0.2) is 22.2 Å². The molecule has 2 aromatic rings. The number of hydrogen-bond donors (Lipinski definition) is 1. The molecule has 1 saturated carbocycles. The SMILES string of the molecule is Cc1cc(OCn2ccc(C(=O)NCC3CC3)n2)ccc1Cl. The van der Waals surface area contributed by atoms with Gasteiger partial charge in [-0.05, 0) is 55.5 Å².